The van der Waals surface area contributed by atoms with Gasteiger partial charge in [0.2, 0.25) is 0 Å². The molecule has 0 bridgehead atoms. The first-order valence-corrected chi connectivity index (χ1v) is 5.82. The van der Waals surface area contributed by atoms with Gasteiger partial charge in [0.25, 0.3) is 5.91 Å². The number of primary amides is 1. The Bertz CT molecular complexity index is 419. The standard InChI is InChI=1S/C10H10BrClN2O3/c11-7-3-6(4-8(12)5-7)9(15)14-1-2-17-10(13)16/h3-5H,1-2H2,(H2,13,16)(H,14,15). The van der Waals surface area contributed by atoms with Crippen LogP contribution >= 0.6 is 27.5 Å². The summed E-state index contributed by atoms with van der Waals surface area (Å²) in [6.07, 6.45) is -0.871. The van der Waals surface area contributed by atoms with Crippen LogP contribution in [0.5, 0.6) is 0 Å². The third kappa shape index (κ3) is 5.06. The zero-order valence-electron chi connectivity index (χ0n) is 8.70. The highest BCUT2D eigenvalue weighted by atomic mass is 79.9. The summed E-state index contributed by atoms with van der Waals surface area (Å²) in [6.45, 7) is 0.217. The van der Waals surface area contributed by atoms with Crippen LogP contribution in [-0.4, -0.2) is 25.2 Å². The molecule has 17 heavy (non-hydrogen) atoms. The van der Waals surface area contributed by atoms with Crippen LogP contribution in [0.4, 0.5) is 4.79 Å². The fraction of sp³-hybridized carbons (Fsp3) is 0.200. The minimum atomic E-state index is -0.871. The van der Waals surface area contributed by atoms with Crippen LogP contribution in [0.1, 0.15) is 10.4 Å². The highest BCUT2D eigenvalue weighted by molar-refractivity contribution is 9.10. The van der Waals surface area contributed by atoms with Gasteiger partial charge in [-0.25, -0.2) is 4.79 Å². The van der Waals surface area contributed by atoms with Crippen LogP contribution < -0.4 is 11.1 Å². The largest absolute Gasteiger partial charge is 0.448 e. The van der Waals surface area contributed by atoms with Crippen molar-refractivity contribution in [2.45, 2.75) is 0 Å². The Kier molecular flexibility index (Phi) is 5.24. The number of carbonyl (C=O) groups excluding carboxylic acids is 2. The number of ether oxygens (including phenoxy) is 1. The summed E-state index contributed by atoms with van der Waals surface area (Å²) in [6, 6.07) is 4.85. The minimum Gasteiger partial charge on any atom is -0.448 e. The zero-order chi connectivity index (χ0) is 12.8. The van der Waals surface area contributed by atoms with E-state index < -0.39 is 6.09 Å². The lowest BCUT2D eigenvalue weighted by Gasteiger charge is -2.06. The summed E-state index contributed by atoms with van der Waals surface area (Å²) in [7, 11) is 0. The molecule has 0 aliphatic heterocycles. The summed E-state index contributed by atoms with van der Waals surface area (Å²) in [5.41, 5.74) is 5.18. The lowest BCUT2D eigenvalue weighted by molar-refractivity contribution is 0.0937. The van der Waals surface area contributed by atoms with Gasteiger partial charge >= 0.3 is 6.09 Å². The van der Waals surface area contributed by atoms with E-state index in [1.165, 1.54) is 6.07 Å². The second kappa shape index (κ2) is 6.46. The average Bonchev–Trinajstić information content (AvgIpc) is 2.22. The molecule has 92 valence electrons. The highest BCUT2D eigenvalue weighted by Crippen LogP contribution is 2.19. The summed E-state index contributed by atoms with van der Waals surface area (Å²) in [5.74, 6) is -0.304. The Morgan fingerprint density at radius 3 is 2.71 bits per heavy atom. The number of nitrogens with two attached hydrogens (primary N) is 1. The van der Waals surface area contributed by atoms with Gasteiger partial charge in [-0.1, -0.05) is 27.5 Å². The van der Waals surface area contributed by atoms with Crippen LogP contribution in [0.3, 0.4) is 0 Å². The van der Waals surface area contributed by atoms with Gasteiger partial charge in [0, 0.05) is 15.1 Å². The fourth-order valence-electron chi connectivity index (χ4n) is 1.10. The second-order valence-electron chi connectivity index (χ2n) is 3.08. The first-order chi connectivity index (χ1) is 7.99. The minimum absolute atomic E-state index is 0.0306. The molecule has 0 aromatic heterocycles. The average molecular weight is 322 g/mol. The molecule has 0 fully saturated rings. The van der Waals surface area contributed by atoms with Gasteiger partial charge in [0.1, 0.15) is 6.61 Å². The van der Waals surface area contributed by atoms with Crippen LogP contribution in [0.25, 0.3) is 0 Å². The summed E-state index contributed by atoms with van der Waals surface area (Å²) in [4.78, 5) is 21.9. The van der Waals surface area contributed by atoms with Crippen molar-refractivity contribution in [2.24, 2.45) is 5.73 Å². The van der Waals surface area contributed by atoms with Gasteiger partial charge < -0.3 is 15.8 Å². The molecule has 0 unspecified atom stereocenters. The van der Waals surface area contributed by atoms with E-state index in [1.807, 2.05) is 0 Å². The number of hydrogen-bond acceptors (Lipinski definition) is 3. The van der Waals surface area contributed by atoms with Crippen LogP contribution in [0, 0.1) is 0 Å². The molecule has 5 nitrogen and oxygen atoms in total. The number of rotatable bonds is 4. The Morgan fingerprint density at radius 2 is 2.12 bits per heavy atom. The van der Waals surface area contributed by atoms with Crippen molar-refractivity contribution >= 4 is 39.5 Å². The Labute approximate surface area is 111 Å². The van der Waals surface area contributed by atoms with Crippen molar-refractivity contribution in [3.05, 3.63) is 33.3 Å². The van der Waals surface area contributed by atoms with Gasteiger partial charge in [-0.15, -0.1) is 0 Å². The van der Waals surface area contributed by atoms with Crippen molar-refractivity contribution in [3.8, 4) is 0 Å². The Hall–Kier alpha value is -1.27. The predicted octanol–water partition coefficient (Wildman–Crippen LogP) is 1.93. The third-order valence-electron chi connectivity index (χ3n) is 1.76. The third-order valence-corrected chi connectivity index (χ3v) is 2.43. The van der Waals surface area contributed by atoms with E-state index in [2.05, 4.69) is 26.0 Å². The molecule has 0 aliphatic rings. The molecule has 0 atom stereocenters. The smallest absolute Gasteiger partial charge is 0.404 e. The molecule has 1 rings (SSSR count). The molecule has 0 heterocycles. The van der Waals surface area contributed by atoms with Crippen molar-refractivity contribution < 1.29 is 14.3 Å². The van der Waals surface area contributed by atoms with E-state index in [0.717, 1.165) is 0 Å². The van der Waals surface area contributed by atoms with E-state index in [4.69, 9.17) is 17.3 Å². The SMILES string of the molecule is NC(=O)OCCNC(=O)c1cc(Cl)cc(Br)c1. The number of benzene rings is 1. The van der Waals surface area contributed by atoms with Crippen molar-refractivity contribution in [1.82, 2.24) is 5.32 Å². The lowest BCUT2D eigenvalue weighted by atomic mass is 10.2. The molecule has 2 amide bonds. The van der Waals surface area contributed by atoms with Crippen molar-refractivity contribution in [1.29, 1.82) is 0 Å². The topological polar surface area (TPSA) is 81.4 Å². The maximum atomic E-state index is 11.6. The highest BCUT2D eigenvalue weighted by Gasteiger charge is 2.07. The van der Waals surface area contributed by atoms with Crippen LogP contribution in [0.2, 0.25) is 5.02 Å². The molecule has 0 radical (unpaired) electrons. The molecule has 0 saturated heterocycles. The molecule has 3 N–H and O–H groups in total. The summed E-state index contributed by atoms with van der Waals surface area (Å²) >= 11 is 9.03. The van der Waals surface area contributed by atoms with Gasteiger partial charge in [-0.3, -0.25) is 4.79 Å². The molecule has 1 aromatic carbocycles. The van der Waals surface area contributed by atoms with E-state index in [0.29, 0.717) is 15.1 Å². The molecular weight excluding hydrogens is 311 g/mol. The first kappa shape index (κ1) is 13.8. The first-order valence-electron chi connectivity index (χ1n) is 4.65. The normalized spacial score (nSPS) is 9.76. The van der Waals surface area contributed by atoms with Gasteiger partial charge in [-0.05, 0) is 18.2 Å². The zero-order valence-corrected chi connectivity index (χ0v) is 11.0. The van der Waals surface area contributed by atoms with Crippen molar-refractivity contribution in [3.63, 3.8) is 0 Å². The van der Waals surface area contributed by atoms with Gasteiger partial charge in [-0.2, -0.15) is 0 Å². The lowest BCUT2D eigenvalue weighted by Crippen LogP contribution is -2.29. The van der Waals surface area contributed by atoms with E-state index >= 15 is 0 Å². The van der Waals surface area contributed by atoms with Gasteiger partial charge in [0.05, 0.1) is 6.54 Å². The number of amides is 2. The summed E-state index contributed by atoms with van der Waals surface area (Å²) in [5, 5.41) is 3.01. The summed E-state index contributed by atoms with van der Waals surface area (Å²) < 4.78 is 5.18. The molecule has 0 saturated carbocycles. The molecule has 0 spiro atoms. The maximum absolute atomic E-state index is 11.6. The van der Waals surface area contributed by atoms with Crippen LogP contribution in [0.15, 0.2) is 22.7 Å². The molecule has 1 aromatic rings. The van der Waals surface area contributed by atoms with E-state index in [9.17, 15) is 9.59 Å². The van der Waals surface area contributed by atoms with E-state index in [1.54, 1.807) is 12.1 Å². The number of halogens is 2. The quantitative estimate of drug-likeness (QED) is 0.831. The van der Waals surface area contributed by atoms with Gasteiger partial charge in [0.15, 0.2) is 0 Å². The molecule has 0 aliphatic carbocycles. The maximum Gasteiger partial charge on any atom is 0.404 e. The number of nitrogens with one attached hydrogen (secondary N) is 1. The predicted molar refractivity (Wildman–Crippen MR) is 67.0 cm³/mol. The monoisotopic (exact) mass is 320 g/mol. The van der Waals surface area contributed by atoms with Crippen molar-refractivity contribution in [2.75, 3.05) is 13.2 Å². The number of hydrogen-bond donors (Lipinski definition) is 2. The Morgan fingerprint density at radius 1 is 1.41 bits per heavy atom. The second-order valence-corrected chi connectivity index (χ2v) is 4.43. The number of carbonyl (C=O) groups is 2. The van der Waals surface area contributed by atoms with E-state index in [-0.39, 0.29) is 19.1 Å². The van der Waals surface area contributed by atoms with Crippen LogP contribution in [-0.2, 0) is 4.74 Å². The molecular formula is C10H10BrClN2O3. The fourth-order valence-corrected chi connectivity index (χ4v) is 1.96. The Balaban J connectivity index is 2.49. The molecule has 7 heteroatoms.